The third-order valence-corrected chi connectivity index (χ3v) is 5.25. The summed E-state index contributed by atoms with van der Waals surface area (Å²) in [4.78, 5) is 30.0. The van der Waals surface area contributed by atoms with E-state index >= 15 is 0 Å². The quantitative estimate of drug-likeness (QED) is 0.854. The van der Waals surface area contributed by atoms with Crippen molar-refractivity contribution < 1.29 is 14.3 Å². The molecule has 0 radical (unpaired) electrons. The molecule has 1 unspecified atom stereocenters. The smallest absolute Gasteiger partial charge is 0.255 e. The molecular weight excluding hydrogens is 322 g/mol. The van der Waals surface area contributed by atoms with Crippen molar-refractivity contribution in [3.8, 4) is 5.75 Å². The van der Waals surface area contributed by atoms with Crippen molar-refractivity contribution in [1.29, 1.82) is 0 Å². The lowest BCUT2D eigenvalue weighted by atomic mass is 9.90. The van der Waals surface area contributed by atoms with Gasteiger partial charge in [-0.3, -0.25) is 14.9 Å². The first-order valence-corrected chi connectivity index (χ1v) is 8.38. The van der Waals surface area contributed by atoms with Gasteiger partial charge in [-0.2, -0.15) is 0 Å². The van der Waals surface area contributed by atoms with E-state index in [1.807, 2.05) is 18.2 Å². The van der Waals surface area contributed by atoms with Gasteiger partial charge in [-0.05, 0) is 36.4 Å². The van der Waals surface area contributed by atoms with Gasteiger partial charge < -0.3 is 19.4 Å². The number of rotatable bonds is 2. The van der Waals surface area contributed by atoms with Gasteiger partial charge in [-0.25, -0.2) is 0 Å². The molecule has 0 saturated carbocycles. The van der Waals surface area contributed by atoms with Crippen LogP contribution in [0.5, 0.6) is 5.75 Å². The van der Waals surface area contributed by atoms with Crippen LogP contribution >= 0.6 is 0 Å². The van der Waals surface area contributed by atoms with Crippen LogP contribution in [-0.4, -0.2) is 48.7 Å². The lowest BCUT2D eigenvalue weighted by Gasteiger charge is -2.31. The highest BCUT2D eigenvalue weighted by atomic mass is 16.5. The van der Waals surface area contributed by atoms with E-state index in [1.165, 1.54) is 0 Å². The molecule has 1 amide bonds. The molecule has 1 atom stereocenters. The number of H-pyrrole nitrogens is 1. The van der Waals surface area contributed by atoms with Crippen LogP contribution in [0, 0.1) is 0 Å². The van der Waals surface area contributed by atoms with Crippen LogP contribution in [0.2, 0.25) is 0 Å². The van der Waals surface area contributed by atoms with Crippen LogP contribution in [0.3, 0.4) is 0 Å². The SMILES string of the molecule is COc1ccc2cc(C3NC4(CCOCC4)C(=O)N3C)c(=O)[nH]c2c1. The number of hydrogen-bond acceptors (Lipinski definition) is 5. The fraction of sp³-hybridized carbons (Fsp3) is 0.444. The summed E-state index contributed by atoms with van der Waals surface area (Å²) < 4.78 is 10.6. The van der Waals surface area contributed by atoms with Crippen molar-refractivity contribution in [3.63, 3.8) is 0 Å². The van der Waals surface area contributed by atoms with E-state index in [9.17, 15) is 9.59 Å². The predicted molar refractivity (Wildman–Crippen MR) is 92.6 cm³/mol. The Bertz CT molecular complexity index is 886. The molecule has 1 aromatic heterocycles. The molecule has 0 bridgehead atoms. The normalized spacial score (nSPS) is 22.7. The van der Waals surface area contributed by atoms with E-state index < -0.39 is 11.7 Å². The number of methoxy groups -OCH3 is 1. The Balaban J connectivity index is 1.75. The zero-order valence-electron chi connectivity index (χ0n) is 14.3. The lowest BCUT2D eigenvalue weighted by Crippen LogP contribution is -2.50. The first kappa shape index (κ1) is 16.1. The number of fused-ring (bicyclic) bond motifs is 1. The van der Waals surface area contributed by atoms with Crippen molar-refractivity contribution in [3.05, 3.63) is 40.2 Å². The summed E-state index contributed by atoms with van der Waals surface area (Å²) in [5.41, 5.74) is 0.415. The molecule has 2 fully saturated rings. The van der Waals surface area contributed by atoms with E-state index in [0.717, 1.165) is 5.39 Å². The maximum atomic E-state index is 12.8. The number of nitrogens with zero attached hydrogens (tertiary/aromatic N) is 1. The molecule has 4 rings (SSSR count). The molecule has 2 aromatic rings. The van der Waals surface area contributed by atoms with Gasteiger partial charge in [-0.15, -0.1) is 0 Å². The molecule has 2 aliphatic rings. The number of ether oxygens (including phenoxy) is 2. The Hall–Kier alpha value is -2.38. The average molecular weight is 343 g/mol. The molecule has 3 heterocycles. The van der Waals surface area contributed by atoms with Crippen LogP contribution in [0.1, 0.15) is 24.6 Å². The number of amides is 1. The summed E-state index contributed by atoms with van der Waals surface area (Å²) in [6, 6.07) is 7.38. The number of nitrogens with one attached hydrogen (secondary N) is 2. The number of pyridine rings is 1. The highest BCUT2D eigenvalue weighted by Crippen LogP contribution is 2.35. The Morgan fingerprint density at radius 3 is 2.72 bits per heavy atom. The lowest BCUT2D eigenvalue weighted by molar-refractivity contribution is -0.135. The van der Waals surface area contributed by atoms with Crippen molar-refractivity contribution in [2.24, 2.45) is 0 Å². The fourth-order valence-corrected chi connectivity index (χ4v) is 3.77. The fourth-order valence-electron chi connectivity index (χ4n) is 3.77. The summed E-state index contributed by atoms with van der Waals surface area (Å²) in [7, 11) is 3.33. The number of hydrogen-bond donors (Lipinski definition) is 2. The molecule has 7 heteroatoms. The minimum Gasteiger partial charge on any atom is -0.497 e. The molecule has 132 valence electrons. The summed E-state index contributed by atoms with van der Waals surface area (Å²) in [6.45, 7) is 1.10. The summed E-state index contributed by atoms with van der Waals surface area (Å²) >= 11 is 0. The molecule has 1 aromatic carbocycles. The number of carbonyl (C=O) groups excluding carboxylic acids is 1. The van der Waals surface area contributed by atoms with Gasteiger partial charge in [0.05, 0.1) is 18.2 Å². The monoisotopic (exact) mass is 343 g/mol. The van der Waals surface area contributed by atoms with E-state index in [4.69, 9.17) is 9.47 Å². The van der Waals surface area contributed by atoms with E-state index in [0.29, 0.717) is 42.9 Å². The van der Waals surface area contributed by atoms with Crippen molar-refractivity contribution in [2.45, 2.75) is 24.5 Å². The zero-order valence-corrected chi connectivity index (χ0v) is 14.3. The van der Waals surface area contributed by atoms with Crippen molar-refractivity contribution >= 4 is 16.8 Å². The second-order valence-electron chi connectivity index (χ2n) is 6.66. The average Bonchev–Trinajstić information content (AvgIpc) is 2.86. The minimum absolute atomic E-state index is 0.0232. The second kappa shape index (κ2) is 5.86. The molecule has 25 heavy (non-hydrogen) atoms. The largest absolute Gasteiger partial charge is 0.497 e. The molecule has 2 saturated heterocycles. The first-order chi connectivity index (χ1) is 12.0. The van der Waals surface area contributed by atoms with Crippen molar-refractivity contribution in [2.75, 3.05) is 27.4 Å². The predicted octanol–water partition coefficient (Wildman–Crippen LogP) is 1.15. The van der Waals surface area contributed by atoms with Crippen LogP contribution in [0.15, 0.2) is 29.1 Å². The Kier molecular flexibility index (Phi) is 3.77. The molecule has 2 aliphatic heterocycles. The zero-order chi connectivity index (χ0) is 17.6. The maximum Gasteiger partial charge on any atom is 0.255 e. The van der Waals surface area contributed by atoms with Gasteiger partial charge in [0.25, 0.3) is 5.56 Å². The van der Waals surface area contributed by atoms with Crippen molar-refractivity contribution in [1.82, 2.24) is 15.2 Å². The van der Waals surface area contributed by atoms with Crippen LogP contribution in [0.25, 0.3) is 10.9 Å². The molecule has 0 aliphatic carbocycles. The van der Waals surface area contributed by atoms with Crippen LogP contribution in [-0.2, 0) is 9.53 Å². The summed E-state index contributed by atoms with van der Waals surface area (Å²) in [5, 5.41) is 4.30. The molecular formula is C18H21N3O4. The summed E-state index contributed by atoms with van der Waals surface area (Å²) in [6.07, 6.45) is 0.797. The molecule has 2 N–H and O–H groups in total. The molecule has 7 nitrogen and oxygen atoms in total. The number of likely N-dealkylation sites (N-methyl/N-ethyl adjacent to an activating group) is 1. The Morgan fingerprint density at radius 2 is 2.00 bits per heavy atom. The van der Waals surface area contributed by atoms with E-state index in [1.54, 1.807) is 25.1 Å². The van der Waals surface area contributed by atoms with Crippen LogP contribution < -0.4 is 15.6 Å². The maximum absolute atomic E-state index is 12.8. The van der Waals surface area contributed by atoms with E-state index in [2.05, 4.69) is 10.3 Å². The Morgan fingerprint density at radius 1 is 1.24 bits per heavy atom. The van der Waals surface area contributed by atoms with Gasteiger partial charge in [0.2, 0.25) is 5.91 Å². The standard InChI is InChI=1S/C18H21N3O4/c1-21-15(20-18(17(21)23)5-7-25-8-6-18)13-9-11-3-4-12(24-2)10-14(11)19-16(13)22/h3-4,9-10,15,20H,5-8H2,1-2H3,(H,19,22). The third kappa shape index (κ3) is 2.51. The number of benzene rings is 1. The van der Waals surface area contributed by atoms with E-state index in [-0.39, 0.29) is 11.5 Å². The minimum atomic E-state index is -0.626. The molecule has 1 spiro atoms. The van der Waals surface area contributed by atoms with Gasteiger partial charge in [0.1, 0.15) is 17.5 Å². The van der Waals surface area contributed by atoms with Gasteiger partial charge >= 0.3 is 0 Å². The number of aromatic nitrogens is 1. The van der Waals surface area contributed by atoms with Gasteiger partial charge in [0.15, 0.2) is 0 Å². The first-order valence-electron chi connectivity index (χ1n) is 8.38. The Labute approximate surface area is 144 Å². The second-order valence-corrected chi connectivity index (χ2v) is 6.66. The van der Waals surface area contributed by atoms with Gasteiger partial charge in [0, 0.05) is 26.3 Å². The number of aromatic amines is 1. The summed E-state index contributed by atoms with van der Waals surface area (Å²) in [5.74, 6) is 0.707. The van der Waals surface area contributed by atoms with Crippen LogP contribution in [0.4, 0.5) is 0 Å². The third-order valence-electron chi connectivity index (χ3n) is 5.25. The number of carbonyl (C=O) groups is 1. The van der Waals surface area contributed by atoms with Gasteiger partial charge in [-0.1, -0.05) is 0 Å². The highest BCUT2D eigenvalue weighted by molar-refractivity contribution is 5.89. The highest BCUT2D eigenvalue weighted by Gasteiger charge is 2.51. The topological polar surface area (TPSA) is 83.7 Å².